The van der Waals surface area contributed by atoms with Crippen LogP contribution >= 0.6 is 11.6 Å². The van der Waals surface area contributed by atoms with Crippen LogP contribution in [0.1, 0.15) is 35.1 Å². The van der Waals surface area contributed by atoms with Gasteiger partial charge in [-0.3, -0.25) is 0 Å². The van der Waals surface area contributed by atoms with E-state index in [9.17, 15) is 13.6 Å². The van der Waals surface area contributed by atoms with Gasteiger partial charge in [-0.15, -0.1) is 5.10 Å². The van der Waals surface area contributed by atoms with Crippen LogP contribution < -0.4 is 0 Å². The molecule has 1 heterocycles. The van der Waals surface area contributed by atoms with Crippen molar-refractivity contribution < 1.29 is 18.3 Å². The van der Waals surface area contributed by atoms with E-state index in [4.69, 9.17) is 16.3 Å². The van der Waals surface area contributed by atoms with E-state index in [2.05, 4.69) is 10.3 Å². The minimum absolute atomic E-state index is 0.00818. The molecule has 0 atom stereocenters. The number of ether oxygens (including phenoxy) is 1. The van der Waals surface area contributed by atoms with Crippen molar-refractivity contribution in [1.29, 1.82) is 0 Å². The molecule has 0 spiro atoms. The number of alkyl halides is 2. The van der Waals surface area contributed by atoms with Gasteiger partial charge in [-0.05, 0) is 18.6 Å². The molecular formula is C13H12ClF2N3O2. The van der Waals surface area contributed by atoms with Crippen molar-refractivity contribution in [2.75, 3.05) is 6.61 Å². The molecule has 21 heavy (non-hydrogen) atoms. The lowest BCUT2D eigenvalue weighted by Crippen LogP contribution is -2.12. The highest BCUT2D eigenvalue weighted by Gasteiger charge is 2.27. The Bertz CT molecular complexity index is 646. The van der Waals surface area contributed by atoms with Crippen molar-refractivity contribution >= 4 is 17.6 Å². The highest BCUT2D eigenvalue weighted by atomic mass is 35.5. The van der Waals surface area contributed by atoms with Gasteiger partial charge in [0.15, 0.2) is 5.69 Å². The van der Waals surface area contributed by atoms with E-state index in [1.54, 1.807) is 31.2 Å². The van der Waals surface area contributed by atoms with E-state index in [-0.39, 0.29) is 13.2 Å². The van der Waals surface area contributed by atoms with Gasteiger partial charge in [0.25, 0.3) is 6.43 Å². The molecule has 0 aliphatic carbocycles. The first kappa shape index (κ1) is 15.4. The monoisotopic (exact) mass is 315 g/mol. The quantitative estimate of drug-likeness (QED) is 0.796. The zero-order chi connectivity index (χ0) is 15.4. The second-order valence-electron chi connectivity index (χ2n) is 4.09. The fourth-order valence-electron chi connectivity index (χ4n) is 1.79. The fraction of sp³-hybridized carbons (Fsp3) is 0.308. The van der Waals surface area contributed by atoms with E-state index < -0.39 is 23.8 Å². The van der Waals surface area contributed by atoms with Crippen molar-refractivity contribution in [3.63, 3.8) is 0 Å². The maximum atomic E-state index is 13.2. The topological polar surface area (TPSA) is 57.0 Å². The number of hydrogen-bond acceptors (Lipinski definition) is 4. The minimum atomic E-state index is -2.90. The molecule has 0 bridgehead atoms. The van der Waals surface area contributed by atoms with Gasteiger partial charge in [0, 0.05) is 5.02 Å². The zero-order valence-electron chi connectivity index (χ0n) is 11.1. The highest BCUT2D eigenvalue weighted by molar-refractivity contribution is 6.31. The van der Waals surface area contributed by atoms with E-state index in [0.717, 1.165) is 4.68 Å². The van der Waals surface area contributed by atoms with Crippen LogP contribution in [0.3, 0.4) is 0 Å². The normalized spacial score (nSPS) is 10.9. The van der Waals surface area contributed by atoms with Crippen LogP contribution in [0.15, 0.2) is 24.3 Å². The van der Waals surface area contributed by atoms with Gasteiger partial charge < -0.3 is 4.74 Å². The lowest BCUT2D eigenvalue weighted by atomic mass is 10.2. The SMILES string of the molecule is CCOC(=O)c1nnn(Cc2ccccc2Cl)c1C(F)F. The number of carbonyl (C=O) groups excluding carboxylic acids is 1. The highest BCUT2D eigenvalue weighted by Crippen LogP contribution is 2.24. The van der Waals surface area contributed by atoms with Gasteiger partial charge in [0.1, 0.15) is 5.69 Å². The number of carbonyl (C=O) groups is 1. The Morgan fingerprint density at radius 1 is 1.43 bits per heavy atom. The predicted molar refractivity (Wildman–Crippen MR) is 71.5 cm³/mol. The van der Waals surface area contributed by atoms with Crippen LogP contribution in [-0.2, 0) is 11.3 Å². The Morgan fingerprint density at radius 3 is 2.76 bits per heavy atom. The molecule has 0 aliphatic rings. The number of aromatic nitrogens is 3. The van der Waals surface area contributed by atoms with Gasteiger partial charge in [-0.25, -0.2) is 18.3 Å². The average molecular weight is 316 g/mol. The first-order chi connectivity index (χ1) is 10.0. The Morgan fingerprint density at radius 2 is 2.14 bits per heavy atom. The summed E-state index contributed by atoms with van der Waals surface area (Å²) in [5.74, 6) is -0.918. The molecule has 2 aromatic rings. The molecule has 0 radical (unpaired) electrons. The third-order valence-corrected chi connectivity index (χ3v) is 3.10. The molecule has 0 saturated carbocycles. The summed E-state index contributed by atoms with van der Waals surface area (Å²) in [5, 5.41) is 7.52. The molecule has 0 N–H and O–H groups in total. The van der Waals surface area contributed by atoms with Gasteiger partial charge in [-0.2, -0.15) is 0 Å². The Labute approximate surface area is 124 Å². The number of benzene rings is 1. The van der Waals surface area contributed by atoms with Crippen molar-refractivity contribution in [3.05, 3.63) is 46.2 Å². The Balaban J connectivity index is 2.36. The summed E-state index contributed by atoms with van der Waals surface area (Å²) < 4.78 is 32.0. The van der Waals surface area contributed by atoms with Crippen LogP contribution in [0, 0.1) is 0 Å². The zero-order valence-corrected chi connectivity index (χ0v) is 11.8. The fourth-order valence-corrected chi connectivity index (χ4v) is 1.98. The molecule has 8 heteroatoms. The molecule has 5 nitrogen and oxygen atoms in total. The average Bonchev–Trinajstić information content (AvgIpc) is 2.85. The Kier molecular flexibility index (Phi) is 4.85. The molecule has 0 aliphatic heterocycles. The summed E-state index contributed by atoms with van der Waals surface area (Å²) in [6, 6.07) is 6.78. The number of halogens is 3. The molecule has 112 valence electrons. The summed E-state index contributed by atoms with van der Waals surface area (Å²) >= 11 is 5.98. The van der Waals surface area contributed by atoms with E-state index in [0.29, 0.717) is 10.6 Å². The molecule has 0 fully saturated rings. The second kappa shape index (κ2) is 6.62. The largest absolute Gasteiger partial charge is 0.461 e. The molecule has 2 rings (SSSR count). The van der Waals surface area contributed by atoms with Crippen molar-refractivity contribution in [1.82, 2.24) is 15.0 Å². The smallest absolute Gasteiger partial charge is 0.361 e. The molecular weight excluding hydrogens is 304 g/mol. The maximum absolute atomic E-state index is 13.2. The predicted octanol–water partition coefficient (Wildman–Crippen LogP) is 3.09. The van der Waals surface area contributed by atoms with Crippen LogP contribution in [0.4, 0.5) is 8.78 Å². The maximum Gasteiger partial charge on any atom is 0.361 e. The van der Waals surface area contributed by atoms with Crippen LogP contribution in [0.5, 0.6) is 0 Å². The summed E-state index contributed by atoms with van der Waals surface area (Å²) in [6.07, 6.45) is -2.90. The molecule has 0 saturated heterocycles. The summed E-state index contributed by atoms with van der Waals surface area (Å²) in [4.78, 5) is 11.6. The first-order valence-electron chi connectivity index (χ1n) is 6.16. The lowest BCUT2D eigenvalue weighted by Gasteiger charge is -2.08. The lowest BCUT2D eigenvalue weighted by molar-refractivity contribution is 0.0506. The summed E-state index contributed by atoms with van der Waals surface area (Å²) in [7, 11) is 0. The molecule has 0 amide bonds. The number of esters is 1. The van der Waals surface area contributed by atoms with Gasteiger partial charge in [0.2, 0.25) is 0 Å². The summed E-state index contributed by atoms with van der Waals surface area (Å²) in [5.41, 5.74) is -0.450. The van der Waals surface area contributed by atoms with Crippen LogP contribution in [-0.4, -0.2) is 27.6 Å². The van der Waals surface area contributed by atoms with Crippen molar-refractivity contribution in [3.8, 4) is 0 Å². The van der Waals surface area contributed by atoms with Gasteiger partial charge in [-0.1, -0.05) is 35.0 Å². The van der Waals surface area contributed by atoms with Crippen LogP contribution in [0.2, 0.25) is 5.02 Å². The van der Waals surface area contributed by atoms with Crippen molar-refractivity contribution in [2.45, 2.75) is 19.9 Å². The number of hydrogen-bond donors (Lipinski definition) is 0. The van der Waals surface area contributed by atoms with E-state index in [1.165, 1.54) is 0 Å². The standard InChI is InChI=1S/C13H12ClF2N3O2/c1-2-21-13(20)10-11(12(15)16)19(18-17-10)7-8-5-3-4-6-9(8)14/h3-6,12H,2,7H2,1H3. The van der Waals surface area contributed by atoms with Gasteiger partial charge in [0.05, 0.1) is 13.2 Å². The van der Waals surface area contributed by atoms with E-state index in [1.807, 2.05) is 0 Å². The summed E-state index contributed by atoms with van der Waals surface area (Å²) in [6.45, 7) is 1.64. The molecule has 1 aromatic heterocycles. The third kappa shape index (κ3) is 3.36. The Hall–Kier alpha value is -2.02. The first-order valence-corrected chi connectivity index (χ1v) is 6.54. The van der Waals surface area contributed by atoms with E-state index >= 15 is 0 Å². The van der Waals surface area contributed by atoms with Crippen LogP contribution in [0.25, 0.3) is 0 Å². The molecule has 0 unspecified atom stereocenters. The number of nitrogens with zero attached hydrogens (tertiary/aromatic N) is 3. The number of rotatable bonds is 5. The third-order valence-electron chi connectivity index (χ3n) is 2.73. The molecule has 1 aromatic carbocycles. The second-order valence-corrected chi connectivity index (χ2v) is 4.50. The van der Waals surface area contributed by atoms with Crippen molar-refractivity contribution in [2.24, 2.45) is 0 Å². The minimum Gasteiger partial charge on any atom is -0.461 e. The van der Waals surface area contributed by atoms with Gasteiger partial charge >= 0.3 is 5.97 Å².